The van der Waals surface area contributed by atoms with Crippen molar-refractivity contribution >= 4 is 0 Å². The third-order valence-corrected chi connectivity index (χ3v) is 4.32. The maximum absolute atomic E-state index is 6.19. The third-order valence-electron chi connectivity index (χ3n) is 4.32. The molecular formula is C17H28N2O. The van der Waals surface area contributed by atoms with Gasteiger partial charge in [0.15, 0.2) is 0 Å². The molecule has 20 heavy (non-hydrogen) atoms. The lowest BCUT2D eigenvalue weighted by molar-refractivity contribution is 0.165. The molecule has 0 saturated carbocycles. The Morgan fingerprint density at radius 3 is 2.50 bits per heavy atom. The molecule has 0 bridgehead atoms. The molecule has 3 nitrogen and oxygen atoms in total. The van der Waals surface area contributed by atoms with Crippen LogP contribution in [0.3, 0.4) is 0 Å². The molecule has 1 heterocycles. The summed E-state index contributed by atoms with van der Waals surface area (Å²) in [5.74, 6) is 1.48. The van der Waals surface area contributed by atoms with Gasteiger partial charge >= 0.3 is 0 Å². The lowest BCUT2D eigenvalue weighted by Gasteiger charge is -2.36. The number of hydrogen-bond donors (Lipinski definition) is 1. The second-order valence-corrected chi connectivity index (χ2v) is 6.66. The van der Waals surface area contributed by atoms with Crippen molar-refractivity contribution in [1.82, 2.24) is 4.90 Å². The van der Waals surface area contributed by atoms with Crippen molar-refractivity contribution in [3.63, 3.8) is 0 Å². The van der Waals surface area contributed by atoms with E-state index in [-0.39, 0.29) is 5.54 Å². The molecule has 0 aromatic heterocycles. The van der Waals surface area contributed by atoms with E-state index in [1.54, 1.807) is 7.11 Å². The summed E-state index contributed by atoms with van der Waals surface area (Å²) < 4.78 is 5.45. The Balaban J connectivity index is 2.05. The minimum absolute atomic E-state index is 0.0273. The van der Waals surface area contributed by atoms with Crippen LogP contribution in [-0.4, -0.2) is 30.6 Å². The zero-order valence-electron chi connectivity index (χ0n) is 13.3. The third kappa shape index (κ3) is 3.74. The zero-order chi connectivity index (χ0) is 14.8. The van der Waals surface area contributed by atoms with Crippen molar-refractivity contribution < 1.29 is 4.74 Å². The number of benzene rings is 1. The van der Waals surface area contributed by atoms with Crippen LogP contribution in [0.15, 0.2) is 18.2 Å². The smallest absolute Gasteiger partial charge is 0.122 e. The predicted molar refractivity (Wildman–Crippen MR) is 84.2 cm³/mol. The van der Waals surface area contributed by atoms with Gasteiger partial charge in [-0.2, -0.15) is 0 Å². The molecule has 1 aromatic rings. The number of methoxy groups -OCH3 is 1. The van der Waals surface area contributed by atoms with E-state index in [4.69, 9.17) is 10.5 Å². The first-order valence-electron chi connectivity index (χ1n) is 7.59. The van der Waals surface area contributed by atoms with Crippen molar-refractivity contribution in [1.29, 1.82) is 0 Å². The summed E-state index contributed by atoms with van der Waals surface area (Å²) in [4.78, 5) is 2.50. The average molecular weight is 276 g/mol. The van der Waals surface area contributed by atoms with Gasteiger partial charge in [-0.15, -0.1) is 0 Å². The number of ether oxygens (including phenoxy) is 1. The van der Waals surface area contributed by atoms with Crippen LogP contribution < -0.4 is 10.5 Å². The highest BCUT2D eigenvalue weighted by molar-refractivity contribution is 5.39. The fourth-order valence-electron chi connectivity index (χ4n) is 2.81. The van der Waals surface area contributed by atoms with Crippen LogP contribution in [0.25, 0.3) is 0 Å². The van der Waals surface area contributed by atoms with E-state index >= 15 is 0 Å². The van der Waals surface area contributed by atoms with Gasteiger partial charge in [0.1, 0.15) is 5.75 Å². The highest BCUT2D eigenvalue weighted by atomic mass is 16.5. The van der Waals surface area contributed by atoms with Crippen LogP contribution in [0.1, 0.15) is 50.7 Å². The molecule has 1 aliphatic rings. The molecule has 1 fully saturated rings. The minimum Gasteiger partial charge on any atom is -0.496 e. The van der Waals surface area contributed by atoms with Gasteiger partial charge in [0, 0.05) is 25.2 Å². The normalized spacial score (nSPS) is 19.3. The summed E-state index contributed by atoms with van der Waals surface area (Å²) in [5, 5.41) is 0. The summed E-state index contributed by atoms with van der Waals surface area (Å²) in [6.45, 7) is 9.78. The Bertz CT molecular complexity index is 444. The molecule has 2 N–H and O–H groups in total. The number of hydrogen-bond acceptors (Lipinski definition) is 3. The summed E-state index contributed by atoms with van der Waals surface area (Å²) in [5.41, 5.74) is 8.89. The summed E-state index contributed by atoms with van der Waals surface area (Å²) >= 11 is 0. The highest BCUT2D eigenvalue weighted by Gasteiger charge is 2.25. The first kappa shape index (κ1) is 15.3. The second kappa shape index (κ2) is 6.15. The lowest BCUT2D eigenvalue weighted by atomic mass is 9.90. The Hall–Kier alpha value is -1.06. The number of likely N-dealkylation sites (tertiary alicyclic amines) is 1. The lowest BCUT2D eigenvalue weighted by Crippen LogP contribution is -2.47. The van der Waals surface area contributed by atoms with Crippen LogP contribution in [0.5, 0.6) is 5.75 Å². The van der Waals surface area contributed by atoms with Gasteiger partial charge in [0.05, 0.1) is 7.11 Å². The first-order chi connectivity index (χ1) is 9.41. The Labute approximate surface area is 123 Å². The number of piperidine rings is 1. The van der Waals surface area contributed by atoms with Gasteiger partial charge in [0.25, 0.3) is 0 Å². The fraction of sp³-hybridized carbons (Fsp3) is 0.647. The molecule has 0 radical (unpaired) electrons. The maximum atomic E-state index is 6.19. The Morgan fingerprint density at radius 1 is 1.30 bits per heavy atom. The Morgan fingerprint density at radius 2 is 1.95 bits per heavy atom. The molecule has 1 saturated heterocycles. The largest absolute Gasteiger partial charge is 0.496 e. The monoisotopic (exact) mass is 276 g/mol. The molecule has 112 valence electrons. The van der Waals surface area contributed by atoms with E-state index in [2.05, 4.69) is 43.9 Å². The van der Waals surface area contributed by atoms with Gasteiger partial charge in [-0.1, -0.05) is 26.0 Å². The number of nitrogens with two attached hydrogens (primary N) is 1. The standard InChI is InChI=1S/C17H28N2O/c1-13(2)15-11-14(5-6-16(15)20-4)12-19-9-7-17(3,18)8-10-19/h5-6,11,13H,7-10,12,18H2,1-4H3. The van der Waals surface area contributed by atoms with E-state index in [9.17, 15) is 0 Å². The van der Waals surface area contributed by atoms with E-state index < -0.39 is 0 Å². The van der Waals surface area contributed by atoms with Crippen molar-refractivity contribution in [2.24, 2.45) is 5.73 Å². The molecule has 1 aliphatic heterocycles. The summed E-state index contributed by atoms with van der Waals surface area (Å²) in [7, 11) is 1.74. The molecule has 0 atom stereocenters. The molecule has 2 rings (SSSR count). The van der Waals surface area contributed by atoms with Crippen LogP contribution in [0.2, 0.25) is 0 Å². The highest BCUT2D eigenvalue weighted by Crippen LogP contribution is 2.28. The molecule has 0 amide bonds. The van der Waals surface area contributed by atoms with Crippen molar-refractivity contribution in [3.8, 4) is 5.75 Å². The van der Waals surface area contributed by atoms with Crippen molar-refractivity contribution in [2.75, 3.05) is 20.2 Å². The fourth-order valence-corrected chi connectivity index (χ4v) is 2.81. The zero-order valence-corrected chi connectivity index (χ0v) is 13.3. The van der Waals surface area contributed by atoms with E-state index in [0.29, 0.717) is 5.92 Å². The summed E-state index contributed by atoms with van der Waals surface area (Å²) in [6.07, 6.45) is 2.17. The minimum atomic E-state index is 0.0273. The van der Waals surface area contributed by atoms with E-state index in [0.717, 1.165) is 38.2 Å². The summed E-state index contributed by atoms with van der Waals surface area (Å²) in [6, 6.07) is 6.57. The van der Waals surface area contributed by atoms with Crippen LogP contribution >= 0.6 is 0 Å². The van der Waals surface area contributed by atoms with E-state index in [1.807, 2.05) is 0 Å². The SMILES string of the molecule is COc1ccc(CN2CCC(C)(N)CC2)cc1C(C)C. The molecule has 0 aliphatic carbocycles. The quantitative estimate of drug-likeness (QED) is 0.918. The van der Waals surface area contributed by atoms with Gasteiger partial charge in [0.2, 0.25) is 0 Å². The molecular weight excluding hydrogens is 248 g/mol. The predicted octanol–water partition coefficient (Wildman–Crippen LogP) is 3.13. The van der Waals surface area contributed by atoms with Gasteiger partial charge in [-0.3, -0.25) is 4.90 Å². The average Bonchev–Trinajstić information content (AvgIpc) is 2.41. The van der Waals surface area contributed by atoms with Gasteiger partial charge in [-0.25, -0.2) is 0 Å². The number of nitrogens with zero attached hydrogens (tertiary/aromatic N) is 1. The van der Waals surface area contributed by atoms with Crippen molar-refractivity contribution in [2.45, 2.75) is 51.6 Å². The topological polar surface area (TPSA) is 38.5 Å². The van der Waals surface area contributed by atoms with Gasteiger partial charge in [-0.05, 0) is 42.9 Å². The Kier molecular flexibility index (Phi) is 4.71. The molecule has 0 unspecified atom stereocenters. The number of rotatable bonds is 4. The molecule has 0 spiro atoms. The van der Waals surface area contributed by atoms with Crippen LogP contribution in [0, 0.1) is 0 Å². The second-order valence-electron chi connectivity index (χ2n) is 6.66. The van der Waals surface area contributed by atoms with Crippen LogP contribution in [-0.2, 0) is 6.54 Å². The maximum Gasteiger partial charge on any atom is 0.122 e. The molecule has 3 heteroatoms. The first-order valence-corrected chi connectivity index (χ1v) is 7.59. The van der Waals surface area contributed by atoms with Gasteiger partial charge < -0.3 is 10.5 Å². The molecule has 1 aromatic carbocycles. The van der Waals surface area contributed by atoms with Crippen LogP contribution in [0.4, 0.5) is 0 Å². The van der Waals surface area contributed by atoms with Crippen molar-refractivity contribution in [3.05, 3.63) is 29.3 Å². The van der Waals surface area contributed by atoms with E-state index in [1.165, 1.54) is 11.1 Å².